The van der Waals surface area contributed by atoms with E-state index in [9.17, 15) is 4.79 Å². The van der Waals surface area contributed by atoms with Crippen molar-refractivity contribution in [2.24, 2.45) is 0 Å². The van der Waals surface area contributed by atoms with Gasteiger partial charge < -0.3 is 10.6 Å². The lowest BCUT2D eigenvalue weighted by Crippen LogP contribution is -2.36. The Kier molecular flexibility index (Phi) is 32.7. The van der Waals surface area contributed by atoms with Crippen molar-refractivity contribution in [1.82, 2.24) is 10.6 Å². The lowest BCUT2D eigenvalue weighted by Gasteiger charge is -2.07. The third kappa shape index (κ3) is 32.8. The van der Waals surface area contributed by atoms with Crippen molar-refractivity contribution in [3.63, 3.8) is 0 Å². The third-order valence-corrected chi connectivity index (χ3v) is 7.45. The molecule has 0 aromatic heterocycles. The quantitative estimate of drug-likeness (QED) is 0.0700. The van der Waals surface area contributed by atoms with E-state index >= 15 is 0 Å². The average molecular weight is 533 g/mol. The van der Waals surface area contributed by atoms with E-state index in [1.165, 1.54) is 154 Å². The summed E-state index contributed by atoms with van der Waals surface area (Å²) in [5.41, 5.74) is 0. The van der Waals surface area contributed by atoms with Crippen molar-refractivity contribution in [2.75, 3.05) is 13.1 Å². The van der Waals surface area contributed by atoms with Crippen molar-refractivity contribution in [2.45, 2.75) is 181 Å². The average Bonchev–Trinajstić information content (AvgIpc) is 2.92. The number of unbranched alkanes of at least 4 members (excludes halogenated alkanes) is 22. The first-order valence-electron chi connectivity index (χ1n) is 17.1. The zero-order valence-electron chi connectivity index (χ0n) is 26.0. The van der Waals surface area contributed by atoms with Crippen LogP contribution in [0.4, 0.5) is 4.79 Å². The molecule has 3 heteroatoms. The van der Waals surface area contributed by atoms with Crippen molar-refractivity contribution < 1.29 is 4.79 Å². The van der Waals surface area contributed by atoms with Crippen LogP contribution in [0.1, 0.15) is 181 Å². The Morgan fingerprint density at radius 3 is 0.974 bits per heavy atom. The van der Waals surface area contributed by atoms with Gasteiger partial charge in [0.05, 0.1) is 0 Å². The second-order valence-electron chi connectivity index (χ2n) is 11.4. The Balaban J connectivity index is 3.23. The molecule has 2 N–H and O–H groups in total. The largest absolute Gasteiger partial charge is 0.338 e. The monoisotopic (exact) mass is 533 g/mol. The number of amides is 2. The number of urea groups is 1. The molecule has 0 rings (SSSR count). The Hall–Kier alpha value is -1.25. The molecule has 0 aromatic carbocycles. The summed E-state index contributed by atoms with van der Waals surface area (Å²) in [6.45, 7) is 6.16. The topological polar surface area (TPSA) is 41.1 Å². The normalized spacial score (nSPS) is 11.6. The minimum atomic E-state index is 0.0102. The molecule has 0 spiro atoms. The van der Waals surface area contributed by atoms with Crippen molar-refractivity contribution in [1.29, 1.82) is 0 Å². The molecule has 0 unspecified atom stereocenters. The highest BCUT2D eigenvalue weighted by atomic mass is 16.2. The van der Waals surface area contributed by atoms with E-state index in [0.29, 0.717) is 0 Å². The fourth-order valence-corrected chi connectivity index (χ4v) is 4.86. The Morgan fingerprint density at radius 2 is 0.658 bits per heavy atom. The summed E-state index contributed by atoms with van der Waals surface area (Å²) in [4.78, 5) is 11.9. The van der Waals surface area contributed by atoms with Crippen LogP contribution < -0.4 is 10.6 Å². The molecule has 0 radical (unpaired) electrons. The molecule has 3 nitrogen and oxygen atoms in total. The predicted molar refractivity (Wildman–Crippen MR) is 171 cm³/mol. The van der Waals surface area contributed by atoms with E-state index in [0.717, 1.165) is 25.9 Å². The standard InChI is InChI=1S/C35H68N2O/c1-3-5-7-9-11-13-15-17-19-21-23-25-27-29-31-33-36-35(38)37-34-32-30-28-26-24-22-20-18-16-14-12-10-8-6-4-2/h17-20H,3-16,21-34H2,1-2H3,(H2,36,37,38)/b19-17-,20-18-. The Bertz CT molecular complexity index is 470. The zero-order valence-corrected chi connectivity index (χ0v) is 26.0. The van der Waals surface area contributed by atoms with E-state index < -0.39 is 0 Å². The maximum Gasteiger partial charge on any atom is 0.314 e. The van der Waals surface area contributed by atoms with Gasteiger partial charge in [-0.15, -0.1) is 0 Å². The van der Waals surface area contributed by atoms with Crippen LogP contribution in [0.3, 0.4) is 0 Å². The highest BCUT2D eigenvalue weighted by Gasteiger charge is 1.99. The molecule has 0 aliphatic carbocycles. The molecular formula is C35H68N2O. The van der Waals surface area contributed by atoms with E-state index in [1.54, 1.807) is 0 Å². The minimum Gasteiger partial charge on any atom is -0.338 e. The van der Waals surface area contributed by atoms with Gasteiger partial charge in [0, 0.05) is 13.1 Å². The van der Waals surface area contributed by atoms with Crippen molar-refractivity contribution >= 4 is 6.03 Å². The first-order valence-corrected chi connectivity index (χ1v) is 17.1. The van der Waals surface area contributed by atoms with E-state index in [4.69, 9.17) is 0 Å². The van der Waals surface area contributed by atoms with Gasteiger partial charge in [-0.3, -0.25) is 0 Å². The lowest BCUT2D eigenvalue weighted by molar-refractivity contribution is 0.240. The van der Waals surface area contributed by atoms with Gasteiger partial charge in [-0.2, -0.15) is 0 Å². The minimum absolute atomic E-state index is 0.0102. The van der Waals surface area contributed by atoms with Gasteiger partial charge in [-0.1, -0.05) is 141 Å². The summed E-state index contributed by atoms with van der Waals surface area (Å²) < 4.78 is 0. The van der Waals surface area contributed by atoms with Crippen LogP contribution in [0.5, 0.6) is 0 Å². The molecule has 0 atom stereocenters. The van der Waals surface area contributed by atoms with Crippen LogP contribution in [-0.2, 0) is 0 Å². The van der Waals surface area contributed by atoms with Crippen LogP contribution in [0.2, 0.25) is 0 Å². The molecule has 0 saturated carbocycles. The van der Waals surface area contributed by atoms with E-state index in [2.05, 4.69) is 48.8 Å². The lowest BCUT2D eigenvalue weighted by atomic mass is 10.1. The second-order valence-corrected chi connectivity index (χ2v) is 11.4. The van der Waals surface area contributed by atoms with Gasteiger partial charge in [-0.05, 0) is 64.2 Å². The summed E-state index contributed by atoms with van der Waals surface area (Å²) in [7, 11) is 0. The molecular weight excluding hydrogens is 464 g/mol. The fourth-order valence-electron chi connectivity index (χ4n) is 4.86. The van der Waals surface area contributed by atoms with Gasteiger partial charge >= 0.3 is 6.03 Å². The fraction of sp³-hybridized carbons (Fsp3) is 0.857. The number of nitrogens with one attached hydrogen (secondary N) is 2. The van der Waals surface area contributed by atoms with Crippen molar-refractivity contribution in [3.05, 3.63) is 24.3 Å². The second kappa shape index (κ2) is 33.8. The van der Waals surface area contributed by atoms with Gasteiger partial charge in [-0.25, -0.2) is 4.79 Å². The van der Waals surface area contributed by atoms with Gasteiger partial charge in [0.1, 0.15) is 0 Å². The van der Waals surface area contributed by atoms with Crippen LogP contribution >= 0.6 is 0 Å². The van der Waals surface area contributed by atoms with Gasteiger partial charge in [0.2, 0.25) is 0 Å². The summed E-state index contributed by atoms with van der Waals surface area (Å²) in [6.07, 6.45) is 43.6. The Morgan fingerprint density at radius 1 is 0.395 bits per heavy atom. The number of carbonyl (C=O) groups excluding carboxylic acids is 1. The smallest absolute Gasteiger partial charge is 0.314 e. The Labute approximate surface area is 239 Å². The van der Waals surface area contributed by atoms with Crippen LogP contribution in [0, 0.1) is 0 Å². The summed E-state index contributed by atoms with van der Waals surface area (Å²) in [5, 5.41) is 6.03. The molecule has 0 saturated heterocycles. The highest BCUT2D eigenvalue weighted by Crippen LogP contribution is 2.10. The molecule has 0 bridgehead atoms. The summed E-state index contributed by atoms with van der Waals surface area (Å²) in [6, 6.07) is 0.0102. The molecule has 0 fully saturated rings. The summed E-state index contributed by atoms with van der Waals surface area (Å²) >= 11 is 0. The molecule has 0 aliphatic heterocycles. The van der Waals surface area contributed by atoms with Gasteiger partial charge in [0.25, 0.3) is 0 Å². The zero-order chi connectivity index (χ0) is 27.6. The maximum absolute atomic E-state index is 11.9. The molecule has 0 heterocycles. The molecule has 0 aromatic rings. The molecule has 0 aliphatic rings. The SMILES string of the molecule is CCCCCCCC/C=C\CCCCCCCNC(=O)NCCCCCCC/C=C\CCCCCCCC. The molecule has 224 valence electrons. The van der Waals surface area contributed by atoms with Crippen LogP contribution in [0.25, 0.3) is 0 Å². The van der Waals surface area contributed by atoms with E-state index in [-0.39, 0.29) is 6.03 Å². The maximum atomic E-state index is 11.9. The third-order valence-electron chi connectivity index (χ3n) is 7.45. The number of rotatable bonds is 30. The van der Waals surface area contributed by atoms with Crippen LogP contribution in [0.15, 0.2) is 24.3 Å². The molecule has 38 heavy (non-hydrogen) atoms. The van der Waals surface area contributed by atoms with E-state index in [1.807, 2.05) is 0 Å². The summed E-state index contributed by atoms with van der Waals surface area (Å²) in [5.74, 6) is 0. The van der Waals surface area contributed by atoms with Crippen LogP contribution in [-0.4, -0.2) is 19.1 Å². The number of hydrogen-bond donors (Lipinski definition) is 2. The number of allylic oxidation sites excluding steroid dienone is 4. The predicted octanol–water partition coefficient (Wildman–Crippen LogP) is 11.6. The first-order chi connectivity index (χ1) is 18.8. The first kappa shape index (κ1) is 36.8. The number of hydrogen-bond acceptors (Lipinski definition) is 1. The molecule has 2 amide bonds. The highest BCUT2D eigenvalue weighted by molar-refractivity contribution is 5.73. The number of carbonyl (C=O) groups is 1. The van der Waals surface area contributed by atoms with Crippen molar-refractivity contribution in [3.8, 4) is 0 Å². The van der Waals surface area contributed by atoms with Gasteiger partial charge in [0.15, 0.2) is 0 Å².